The fourth-order valence-electron chi connectivity index (χ4n) is 2.70. The average Bonchev–Trinajstić information content (AvgIpc) is 3.13. The van der Waals surface area contributed by atoms with Crippen molar-refractivity contribution in [2.45, 2.75) is 6.42 Å². The van der Waals surface area contributed by atoms with Crippen molar-refractivity contribution in [1.82, 2.24) is 0 Å². The first-order valence-electron chi connectivity index (χ1n) is 7.95. The molecule has 1 aliphatic rings. The SMILES string of the molecule is COc1cc(OCC2CCOC2)cc(-c2ccc(C(N)=O)cc2)c1. The third-order valence-electron chi connectivity index (χ3n) is 4.13. The standard InChI is InChI=1S/C19H21NO4/c1-22-17-8-16(14-2-4-15(5-3-14)19(20)21)9-18(10-17)24-12-13-6-7-23-11-13/h2-5,8-10,13H,6-7,11-12H2,1H3,(H2,20,21). The minimum absolute atomic E-state index is 0.435. The summed E-state index contributed by atoms with van der Waals surface area (Å²) in [7, 11) is 1.63. The van der Waals surface area contributed by atoms with E-state index in [1.54, 1.807) is 19.2 Å². The van der Waals surface area contributed by atoms with Crippen LogP contribution >= 0.6 is 0 Å². The molecule has 0 aromatic heterocycles. The monoisotopic (exact) mass is 327 g/mol. The third-order valence-corrected chi connectivity index (χ3v) is 4.13. The molecule has 1 heterocycles. The molecule has 0 radical (unpaired) electrons. The van der Waals surface area contributed by atoms with E-state index >= 15 is 0 Å². The Morgan fingerprint density at radius 2 is 1.92 bits per heavy atom. The minimum Gasteiger partial charge on any atom is -0.497 e. The van der Waals surface area contributed by atoms with E-state index in [1.807, 2.05) is 30.3 Å². The molecule has 1 amide bonds. The summed E-state index contributed by atoms with van der Waals surface area (Å²) < 4.78 is 16.7. The zero-order valence-electron chi connectivity index (χ0n) is 13.7. The van der Waals surface area contributed by atoms with Crippen molar-refractivity contribution in [3.8, 4) is 22.6 Å². The number of rotatable bonds is 6. The Morgan fingerprint density at radius 1 is 1.17 bits per heavy atom. The van der Waals surface area contributed by atoms with Gasteiger partial charge in [0.15, 0.2) is 0 Å². The Kier molecular flexibility index (Phi) is 5.01. The second-order valence-electron chi connectivity index (χ2n) is 5.88. The molecule has 3 rings (SSSR count). The smallest absolute Gasteiger partial charge is 0.248 e. The van der Waals surface area contributed by atoms with Crippen LogP contribution in [0.1, 0.15) is 16.8 Å². The molecule has 24 heavy (non-hydrogen) atoms. The predicted octanol–water partition coefficient (Wildman–Crippen LogP) is 2.88. The molecule has 1 unspecified atom stereocenters. The second-order valence-corrected chi connectivity index (χ2v) is 5.88. The molecule has 0 bridgehead atoms. The number of carbonyl (C=O) groups excluding carboxylic acids is 1. The maximum Gasteiger partial charge on any atom is 0.248 e. The highest BCUT2D eigenvalue weighted by molar-refractivity contribution is 5.93. The molecule has 0 spiro atoms. The van der Waals surface area contributed by atoms with Crippen LogP contribution in [0.3, 0.4) is 0 Å². The van der Waals surface area contributed by atoms with Crippen molar-refractivity contribution in [2.75, 3.05) is 26.9 Å². The van der Waals surface area contributed by atoms with E-state index < -0.39 is 5.91 Å². The maximum atomic E-state index is 11.2. The number of hydrogen-bond donors (Lipinski definition) is 1. The number of nitrogens with two attached hydrogens (primary N) is 1. The molecular weight excluding hydrogens is 306 g/mol. The van der Waals surface area contributed by atoms with E-state index in [0.29, 0.717) is 18.1 Å². The van der Waals surface area contributed by atoms with Gasteiger partial charge in [-0.25, -0.2) is 0 Å². The van der Waals surface area contributed by atoms with E-state index in [-0.39, 0.29) is 0 Å². The summed E-state index contributed by atoms with van der Waals surface area (Å²) >= 11 is 0. The Labute approximate surface area is 141 Å². The van der Waals surface area contributed by atoms with Crippen LogP contribution in [0.5, 0.6) is 11.5 Å². The summed E-state index contributed by atoms with van der Waals surface area (Å²) in [6, 6.07) is 12.9. The fourth-order valence-corrected chi connectivity index (χ4v) is 2.70. The van der Waals surface area contributed by atoms with E-state index in [1.165, 1.54) is 0 Å². The highest BCUT2D eigenvalue weighted by Crippen LogP contribution is 2.30. The van der Waals surface area contributed by atoms with Gasteiger partial charge in [0.25, 0.3) is 0 Å². The molecular formula is C19H21NO4. The minimum atomic E-state index is -0.435. The van der Waals surface area contributed by atoms with Crippen LogP contribution in [0.2, 0.25) is 0 Å². The predicted molar refractivity (Wildman–Crippen MR) is 91.4 cm³/mol. The van der Waals surface area contributed by atoms with Gasteiger partial charge in [0.05, 0.1) is 20.3 Å². The normalized spacial score (nSPS) is 16.8. The van der Waals surface area contributed by atoms with Gasteiger partial charge in [-0.2, -0.15) is 0 Å². The lowest BCUT2D eigenvalue weighted by Crippen LogP contribution is -2.11. The van der Waals surface area contributed by atoms with Crippen molar-refractivity contribution >= 4 is 5.91 Å². The fraction of sp³-hybridized carbons (Fsp3) is 0.316. The first kappa shape index (κ1) is 16.3. The molecule has 5 nitrogen and oxygen atoms in total. The Bertz CT molecular complexity index is 706. The van der Waals surface area contributed by atoms with Crippen LogP contribution in [0.15, 0.2) is 42.5 Å². The summed E-state index contributed by atoms with van der Waals surface area (Å²) in [5.41, 5.74) is 7.69. The highest BCUT2D eigenvalue weighted by atomic mass is 16.5. The first-order valence-corrected chi connectivity index (χ1v) is 7.95. The van der Waals surface area contributed by atoms with Gasteiger partial charge in [-0.05, 0) is 41.8 Å². The van der Waals surface area contributed by atoms with Crippen LogP contribution in [0.25, 0.3) is 11.1 Å². The molecule has 1 fully saturated rings. The van der Waals surface area contributed by atoms with E-state index in [9.17, 15) is 4.79 Å². The van der Waals surface area contributed by atoms with E-state index in [4.69, 9.17) is 19.9 Å². The second kappa shape index (κ2) is 7.36. The number of methoxy groups -OCH3 is 1. The van der Waals surface area contributed by atoms with Gasteiger partial charge in [0.2, 0.25) is 5.91 Å². The number of ether oxygens (including phenoxy) is 3. The number of hydrogen-bond acceptors (Lipinski definition) is 4. The molecule has 2 N–H and O–H groups in total. The molecule has 1 saturated heterocycles. The molecule has 2 aromatic rings. The van der Waals surface area contributed by atoms with Gasteiger partial charge in [-0.3, -0.25) is 4.79 Å². The molecule has 1 atom stereocenters. The van der Waals surface area contributed by atoms with Crippen LogP contribution < -0.4 is 15.2 Å². The zero-order chi connectivity index (χ0) is 16.9. The number of amides is 1. The van der Waals surface area contributed by atoms with Crippen molar-refractivity contribution in [3.05, 3.63) is 48.0 Å². The van der Waals surface area contributed by atoms with Crippen LogP contribution in [-0.4, -0.2) is 32.8 Å². The summed E-state index contributed by atoms with van der Waals surface area (Å²) in [5, 5.41) is 0. The average molecular weight is 327 g/mol. The van der Waals surface area contributed by atoms with Crippen LogP contribution in [0, 0.1) is 5.92 Å². The molecule has 5 heteroatoms. The number of primary amides is 1. The van der Waals surface area contributed by atoms with E-state index in [2.05, 4.69) is 0 Å². The Balaban J connectivity index is 1.81. The third kappa shape index (κ3) is 3.86. The molecule has 126 valence electrons. The van der Waals surface area contributed by atoms with Gasteiger partial charge in [0, 0.05) is 24.2 Å². The zero-order valence-corrected chi connectivity index (χ0v) is 13.7. The van der Waals surface area contributed by atoms with Gasteiger partial charge in [0.1, 0.15) is 11.5 Å². The Hall–Kier alpha value is -2.53. The summed E-state index contributed by atoms with van der Waals surface area (Å²) in [6.45, 7) is 2.20. The Morgan fingerprint density at radius 3 is 2.54 bits per heavy atom. The summed E-state index contributed by atoms with van der Waals surface area (Å²) in [5.74, 6) is 1.49. The molecule has 0 aliphatic carbocycles. The molecule has 2 aromatic carbocycles. The van der Waals surface area contributed by atoms with Crippen molar-refractivity contribution in [3.63, 3.8) is 0 Å². The van der Waals surface area contributed by atoms with Gasteiger partial charge < -0.3 is 19.9 Å². The lowest BCUT2D eigenvalue weighted by Gasteiger charge is -2.13. The first-order chi connectivity index (χ1) is 11.7. The highest BCUT2D eigenvalue weighted by Gasteiger charge is 2.16. The topological polar surface area (TPSA) is 70.8 Å². The summed E-state index contributed by atoms with van der Waals surface area (Å²) in [6.07, 6.45) is 1.03. The van der Waals surface area contributed by atoms with Crippen LogP contribution in [0.4, 0.5) is 0 Å². The van der Waals surface area contributed by atoms with Gasteiger partial charge in [-0.15, -0.1) is 0 Å². The summed E-state index contributed by atoms with van der Waals surface area (Å²) in [4.78, 5) is 11.2. The lowest BCUT2D eigenvalue weighted by molar-refractivity contribution is 0.100. The largest absolute Gasteiger partial charge is 0.497 e. The van der Waals surface area contributed by atoms with Gasteiger partial charge in [-0.1, -0.05) is 12.1 Å². The van der Waals surface area contributed by atoms with Crippen molar-refractivity contribution in [1.29, 1.82) is 0 Å². The lowest BCUT2D eigenvalue weighted by atomic mass is 10.0. The van der Waals surface area contributed by atoms with Crippen LogP contribution in [-0.2, 0) is 4.74 Å². The maximum absolute atomic E-state index is 11.2. The number of benzene rings is 2. The quantitative estimate of drug-likeness (QED) is 0.885. The molecule has 1 aliphatic heterocycles. The van der Waals surface area contributed by atoms with E-state index in [0.717, 1.165) is 42.3 Å². The molecule has 0 saturated carbocycles. The van der Waals surface area contributed by atoms with Gasteiger partial charge >= 0.3 is 0 Å². The number of carbonyl (C=O) groups is 1. The van der Waals surface area contributed by atoms with Crippen molar-refractivity contribution in [2.24, 2.45) is 11.7 Å². The van der Waals surface area contributed by atoms with Crippen molar-refractivity contribution < 1.29 is 19.0 Å².